The summed E-state index contributed by atoms with van der Waals surface area (Å²) in [6, 6.07) is 17.0. The maximum absolute atomic E-state index is 5.47. The predicted molar refractivity (Wildman–Crippen MR) is 116 cm³/mol. The summed E-state index contributed by atoms with van der Waals surface area (Å²) in [6.45, 7) is 9.70. The van der Waals surface area contributed by atoms with Crippen molar-refractivity contribution in [2.75, 3.05) is 5.32 Å². The molecule has 0 fully saturated rings. The van der Waals surface area contributed by atoms with Crippen LogP contribution in [0.1, 0.15) is 33.6 Å². The van der Waals surface area contributed by atoms with E-state index in [1.54, 1.807) is 0 Å². The summed E-state index contributed by atoms with van der Waals surface area (Å²) >= 11 is 5.47. The van der Waals surface area contributed by atoms with Gasteiger partial charge in [0.2, 0.25) is 0 Å². The van der Waals surface area contributed by atoms with Gasteiger partial charge in [0, 0.05) is 6.54 Å². The first-order valence-electron chi connectivity index (χ1n) is 9.12. The Balaban J connectivity index is 1.64. The topological polar surface area (TPSA) is 41.9 Å². The summed E-state index contributed by atoms with van der Waals surface area (Å²) < 4.78 is 2.02. The number of nitrogens with zero attached hydrogens (tertiary/aromatic N) is 2. The highest BCUT2D eigenvalue weighted by Crippen LogP contribution is 2.20. The molecule has 140 valence electrons. The normalized spacial score (nSPS) is 10.7. The van der Waals surface area contributed by atoms with E-state index in [1.807, 2.05) is 11.6 Å². The molecule has 0 amide bonds. The van der Waals surface area contributed by atoms with Crippen LogP contribution in [0.25, 0.3) is 0 Å². The lowest BCUT2D eigenvalue weighted by molar-refractivity contribution is 0.659. The lowest BCUT2D eigenvalue weighted by atomic mass is 10.1. The Hall–Kier alpha value is -2.66. The molecule has 2 N–H and O–H groups in total. The fourth-order valence-electron chi connectivity index (χ4n) is 2.94. The Morgan fingerprint density at radius 1 is 0.889 bits per heavy atom. The zero-order chi connectivity index (χ0) is 19.4. The third-order valence-electron chi connectivity index (χ3n) is 4.65. The van der Waals surface area contributed by atoms with Crippen LogP contribution in [0, 0.1) is 27.7 Å². The molecule has 0 saturated carbocycles. The Morgan fingerprint density at radius 2 is 1.44 bits per heavy atom. The molecule has 1 aromatic heterocycles. The molecule has 0 bridgehead atoms. The van der Waals surface area contributed by atoms with Crippen LogP contribution < -0.4 is 10.6 Å². The first kappa shape index (κ1) is 19.1. The van der Waals surface area contributed by atoms with Crippen LogP contribution in [0.4, 0.5) is 5.69 Å². The standard InChI is InChI=1S/C22H26N4S/c1-15-5-9-19(10-6-15)13-23-22(27)24-21-17(3)25-26(18(21)4)14-20-11-7-16(2)8-12-20/h5-12H,13-14H2,1-4H3,(H2,23,24,27). The fourth-order valence-corrected chi connectivity index (χ4v) is 3.12. The number of nitrogens with one attached hydrogen (secondary N) is 2. The van der Waals surface area contributed by atoms with Crippen LogP contribution in [0.2, 0.25) is 0 Å². The second kappa shape index (κ2) is 8.35. The van der Waals surface area contributed by atoms with Gasteiger partial charge in [-0.15, -0.1) is 0 Å². The molecular formula is C22H26N4S. The minimum absolute atomic E-state index is 0.608. The van der Waals surface area contributed by atoms with Crippen molar-refractivity contribution in [1.82, 2.24) is 15.1 Å². The summed E-state index contributed by atoms with van der Waals surface area (Å²) in [5.41, 5.74) is 7.95. The summed E-state index contributed by atoms with van der Waals surface area (Å²) in [7, 11) is 0. The van der Waals surface area contributed by atoms with Gasteiger partial charge in [-0.1, -0.05) is 59.7 Å². The van der Waals surface area contributed by atoms with Crippen molar-refractivity contribution in [2.45, 2.75) is 40.8 Å². The van der Waals surface area contributed by atoms with Gasteiger partial charge < -0.3 is 10.6 Å². The van der Waals surface area contributed by atoms with Crippen molar-refractivity contribution >= 4 is 23.0 Å². The molecule has 0 atom stereocenters. The number of anilines is 1. The number of aromatic nitrogens is 2. The van der Waals surface area contributed by atoms with Gasteiger partial charge in [0.25, 0.3) is 0 Å². The van der Waals surface area contributed by atoms with Crippen LogP contribution in [0.15, 0.2) is 48.5 Å². The molecule has 5 heteroatoms. The van der Waals surface area contributed by atoms with E-state index in [2.05, 4.69) is 85.0 Å². The Kier molecular flexibility index (Phi) is 5.91. The number of hydrogen-bond acceptors (Lipinski definition) is 2. The first-order chi connectivity index (χ1) is 12.9. The van der Waals surface area contributed by atoms with Crippen molar-refractivity contribution in [3.63, 3.8) is 0 Å². The van der Waals surface area contributed by atoms with Crippen molar-refractivity contribution in [3.05, 3.63) is 82.2 Å². The van der Waals surface area contributed by atoms with E-state index >= 15 is 0 Å². The van der Waals surface area contributed by atoms with Gasteiger partial charge in [-0.3, -0.25) is 4.68 Å². The van der Waals surface area contributed by atoms with Crippen molar-refractivity contribution in [1.29, 1.82) is 0 Å². The smallest absolute Gasteiger partial charge is 0.171 e. The lowest BCUT2D eigenvalue weighted by Gasteiger charge is -2.11. The number of thiocarbonyl (C=S) groups is 1. The molecule has 0 radical (unpaired) electrons. The molecule has 4 nitrogen and oxygen atoms in total. The minimum Gasteiger partial charge on any atom is -0.358 e. The van der Waals surface area contributed by atoms with E-state index in [4.69, 9.17) is 12.2 Å². The summed E-state index contributed by atoms with van der Waals surface area (Å²) in [5.74, 6) is 0. The van der Waals surface area contributed by atoms with Gasteiger partial charge >= 0.3 is 0 Å². The van der Waals surface area contributed by atoms with Crippen LogP contribution in [-0.4, -0.2) is 14.9 Å². The van der Waals surface area contributed by atoms with Crippen molar-refractivity contribution in [2.24, 2.45) is 0 Å². The highest BCUT2D eigenvalue weighted by molar-refractivity contribution is 7.80. The molecular weight excluding hydrogens is 352 g/mol. The van der Waals surface area contributed by atoms with E-state index in [1.165, 1.54) is 22.3 Å². The van der Waals surface area contributed by atoms with Crippen molar-refractivity contribution < 1.29 is 0 Å². The lowest BCUT2D eigenvalue weighted by Crippen LogP contribution is -2.28. The average Bonchev–Trinajstić information content (AvgIpc) is 2.90. The molecule has 27 heavy (non-hydrogen) atoms. The number of benzene rings is 2. The second-order valence-electron chi connectivity index (χ2n) is 6.98. The van der Waals surface area contributed by atoms with E-state index in [0.29, 0.717) is 11.7 Å². The third-order valence-corrected chi connectivity index (χ3v) is 4.89. The zero-order valence-corrected chi connectivity index (χ0v) is 17.2. The Bertz CT molecular complexity index is 924. The number of hydrogen-bond donors (Lipinski definition) is 2. The van der Waals surface area contributed by atoms with Gasteiger partial charge in [-0.2, -0.15) is 5.10 Å². The highest BCUT2D eigenvalue weighted by Gasteiger charge is 2.13. The summed E-state index contributed by atoms with van der Waals surface area (Å²) in [5, 5.41) is 11.9. The maximum atomic E-state index is 5.47. The molecule has 3 rings (SSSR count). The minimum atomic E-state index is 0.608. The largest absolute Gasteiger partial charge is 0.358 e. The van der Waals surface area contributed by atoms with Gasteiger partial charge in [0.05, 0.1) is 23.6 Å². The predicted octanol–water partition coefficient (Wildman–Crippen LogP) is 4.65. The SMILES string of the molecule is Cc1ccc(CNC(=S)Nc2c(C)nn(Cc3ccc(C)cc3)c2C)cc1. The molecule has 0 unspecified atom stereocenters. The molecule has 0 aliphatic carbocycles. The van der Waals surface area contributed by atoms with Crippen LogP contribution in [-0.2, 0) is 13.1 Å². The summed E-state index contributed by atoms with van der Waals surface area (Å²) in [4.78, 5) is 0. The fraction of sp³-hybridized carbons (Fsp3) is 0.273. The Labute approximate surface area is 166 Å². The quantitative estimate of drug-likeness (QED) is 0.634. The van der Waals surface area contributed by atoms with Crippen LogP contribution in [0.3, 0.4) is 0 Å². The molecule has 0 aliphatic rings. The number of rotatable bonds is 5. The van der Waals surface area contributed by atoms with Crippen molar-refractivity contribution in [3.8, 4) is 0 Å². The van der Waals surface area contributed by atoms with E-state index in [9.17, 15) is 0 Å². The van der Waals surface area contributed by atoms with Crippen LogP contribution in [0.5, 0.6) is 0 Å². The highest BCUT2D eigenvalue weighted by atomic mass is 32.1. The number of aryl methyl sites for hydroxylation is 3. The second-order valence-corrected chi connectivity index (χ2v) is 7.39. The van der Waals surface area contributed by atoms with Gasteiger partial charge in [-0.05, 0) is 51.0 Å². The maximum Gasteiger partial charge on any atom is 0.171 e. The molecule has 3 aromatic rings. The summed E-state index contributed by atoms with van der Waals surface area (Å²) in [6.07, 6.45) is 0. The van der Waals surface area contributed by atoms with E-state index in [-0.39, 0.29) is 0 Å². The van der Waals surface area contributed by atoms with Crippen LogP contribution >= 0.6 is 12.2 Å². The zero-order valence-electron chi connectivity index (χ0n) is 16.3. The third kappa shape index (κ3) is 4.95. The molecule has 0 spiro atoms. The monoisotopic (exact) mass is 378 g/mol. The van der Waals surface area contributed by atoms with Gasteiger partial charge in [-0.25, -0.2) is 0 Å². The molecule has 0 aliphatic heterocycles. The molecule has 2 aromatic carbocycles. The first-order valence-corrected chi connectivity index (χ1v) is 9.53. The van der Waals surface area contributed by atoms with E-state index < -0.39 is 0 Å². The molecule has 1 heterocycles. The van der Waals surface area contributed by atoms with Gasteiger partial charge in [0.1, 0.15) is 0 Å². The van der Waals surface area contributed by atoms with E-state index in [0.717, 1.165) is 23.6 Å². The Morgan fingerprint density at radius 3 is 2.04 bits per heavy atom. The molecule has 0 saturated heterocycles. The average molecular weight is 379 g/mol. The van der Waals surface area contributed by atoms with Gasteiger partial charge in [0.15, 0.2) is 5.11 Å².